The van der Waals surface area contributed by atoms with Gasteiger partial charge >= 0.3 is 0 Å². The van der Waals surface area contributed by atoms with Crippen molar-refractivity contribution in [2.75, 3.05) is 6.26 Å². The van der Waals surface area contributed by atoms with Crippen LogP contribution in [-0.2, 0) is 34.2 Å². The first kappa shape index (κ1) is 18.3. The number of rotatable bonds is 8. The Bertz CT molecular complexity index is 826. The molecule has 0 unspecified atom stereocenters. The topological polar surface area (TPSA) is 102 Å². The molecule has 7 nitrogen and oxygen atoms in total. The van der Waals surface area contributed by atoms with Crippen molar-refractivity contribution in [3.05, 3.63) is 51.8 Å². The molecule has 0 amide bonds. The van der Waals surface area contributed by atoms with Gasteiger partial charge in [-0.25, -0.2) is 18.4 Å². The molecular weight excluding hydrogens is 330 g/mol. The minimum Gasteiger partial charge on any atom is -0.369 e. The third kappa shape index (κ3) is 5.24. The summed E-state index contributed by atoms with van der Waals surface area (Å²) in [5, 5.41) is 0.0774. The molecule has 8 heteroatoms. The summed E-state index contributed by atoms with van der Waals surface area (Å²) in [4.78, 5) is 21.9. The van der Waals surface area contributed by atoms with Crippen LogP contribution in [0.1, 0.15) is 36.7 Å². The van der Waals surface area contributed by atoms with E-state index in [0.29, 0.717) is 17.8 Å². The third-order valence-electron chi connectivity index (χ3n) is 3.37. The van der Waals surface area contributed by atoms with Crippen molar-refractivity contribution in [3.63, 3.8) is 0 Å². The van der Waals surface area contributed by atoms with Crippen molar-refractivity contribution >= 4 is 9.84 Å². The number of pyridine rings is 1. The molecule has 0 aliphatic carbocycles. The fourth-order valence-corrected chi connectivity index (χ4v) is 3.05. The van der Waals surface area contributed by atoms with E-state index in [9.17, 15) is 13.2 Å². The van der Waals surface area contributed by atoms with Crippen molar-refractivity contribution in [2.45, 2.75) is 44.4 Å². The highest BCUT2D eigenvalue weighted by atomic mass is 32.2. The molecule has 0 aromatic carbocycles. The number of aryl methyl sites for hydroxylation is 1. The van der Waals surface area contributed by atoms with Crippen LogP contribution in [0.25, 0.3) is 0 Å². The van der Waals surface area contributed by atoms with Crippen LogP contribution >= 0.6 is 0 Å². The molecule has 2 rings (SSSR count). The summed E-state index contributed by atoms with van der Waals surface area (Å²) in [6.07, 6.45) is 6.77. The van der Waals surface area contributed by atoms with Crippen LogP contribution in [0.15, 0.2) is 34.3 Å². The molecule has 0 radical (unpaired) electrons. The van der Waals surface area contributed by atoms with E-state index in [4.69, 9.17) is 4.74 Å². The Kier molecular flexibility index (Phi) is 6.22. The number of H-pyrrole nitrogens is 1. The summed E-state index contributed by atoms with van der Waals surface area (Å²) in [6.45, 7) is 2.40. The number of nitrogens with one attached hydrogen (secondary N) is 1. The van der Waals surface area contributed by atoms with Gasteiger partial charge in [-0.05, 0) is 24.5 Å². The van der Waals surface area contributed by atoms with Crippen LogP contribution in [0.5, 0.6) is 0 Å². The summed E-state index contributed by atoms with van der Waals surface area (Å²) in [6, 6.07) is 3.08. The maximum atomic E-state index is 11.9. The van der Waals surface area contributed by atoms with Gasteiger partial charge in [0.15, 0.2) is 20.7 Å². The maximum absolute atomic E-state index is 11.9. The molecule has 0 aliphatic heterocycles. The highest BCUT2D eigenvalue weighted by Crippen LogP contribution is 2.15. The molecule has 2 aromatic rings. The Labute approximate surface area is 141 Å². The lowest BCUT2D eigenvalue weighted by Gasteiger charge is -2.09. The fraction of sp³-hybridized carbons (Fsp3) is 0.438. The molecule has 0 saturated heterocycles. The first-order chi connectivity index (χ1) is 11.4. The Morgan fingerprint density at radius 2 is 2.04 bits per heavy atom. The molecular formula is C16H21N3O4S. The SMILES string of the molecule is CCCCc1cnc(COCc2ccc(=O)[nH]c2)nc1S(C)(=O)=O. The van der Waals surface area contributed by atoms with Crippen LogP contribution in [0, 0.1) is 0 Å². The molecule has 0 spiro atoms. The number of sulfone groups is 1. The highest BCUT2D eigenvalue weighted by Gasteiger charge is 2.16. The predicted molar refractivity (Wildman–Crippen MR) is 89.3 cm³/mol. The van der Waals surface area contributed by atoms with Crippen molar-refractivity contribution < 1.29 is 13.2 Å². The van der Waals surface area contributed by atoms with E-state index in [2.05, 4.69) is 15.0 Å². The number of unbranched alkanes of at least 4 members (excludes halogenated alkanes) is 1. The minimum atomic E-state index is -3.41. The van der Waals surface area contributed by atoms with E-state index in [1.54, 1.807) is 18.5 Å². The number of nitrogens with zero attached hydrogens (tertiary/aromatic N) is 2. The second-order valence-corrected chi connectivity index (χ2v) is 7.48. The van der Waals surface area contributed by atoms with E-state index in [1.807, 2.05) is 6.92 Å². The molecule has 0 bridgehead atoms. The Hall–Kier alpha value is -2.06. The Morgan fingerprint density at radius 1 is 1.25 bits per heavy atom. The van der Waals surface area contributed by atoms with Gasteiger partial charge in [0.05, 0.1) is 6.61 Å². The zero-order chi connectivity index (χ0) is 17.6. The van der Waals surface area contributed by atoms with Crippen molar-refractivity contribution in [3.8, 4) is 0 Å². The Morgan fingerprint density at radius 3 is 2.67 bits per heavy atom. The van der Waals surface area contributed by atoms with E-state index < -0.39 is 9.84 Å². The molecule has 24 heavy (non-hydrogen) atoms. The quantitative estimate of drug-likeness (QED) is 0.725. The number of aromatic amines is 1. The van der Waals surface area contributed by atoms with Gasteiger partial charge in [-0.2, -0.15) is 0 Å². The van der Waals surface area contributed by atoms with Gasteiger partial charge in [-0.1, -0.05) is 13.3 Å². The lowest BCUT2D eigenvalue weighted by Crippen LogP contribution is -2.11. The van der Waals surface area contributed by atoms with E-state index in [-0.39, 0.29) is 23.8 Å². The van der Waals surface area contributed by atoms with Gasteiger partial charge < -0.3 is 9.72 Å². The van der Waals surface area contributed by atoms with Crippen LogP contribution in [0.2, 0.25) is 0 Å². The van der Waals surface area contributed by atoms with Gasteiger partial charge in [0, 0.05) is 30.3 Å². The average Bonchev–Trinajstić information content (AvgIpc) is 2.54. The highest BCUT2D eigenvalue weighted by molar-refractivity contribution is 7.90. The largest absolute Gasteiger partial charge is 0.369 e. The summed E-state index contributed by atoms with van der Waals surface area (Å²) in [7, 11) is -3.41. The lowest BCUT2D eigenvalue weighted by molar-refractivity contribution is 0.101. The molecule has 0 saturated carbocycles. The van der Waals surface area contributed by atoms with Gasteiger partial charge in [0.25, 0.3) is 0 Å². The maximum Gasteiger partial charge on any atom is 0.247 e. The van der Waals surface area contributed by atoms with Crippen LogP contribution in [0.4, 0.5) is 0 Å². The number of ether oxygens (including phenoxy) is 1. The molecule has 2 heterocycles. The van der Waals surface area contributed by atoms with Crippen molar-refractivity contribution in [1.29, 1.82) is 0 Å². The standard InChI is InChI=1S/C16H21N3O4S/c1-3-4-5-13-9-17-14(19-16(13)24(2,21)22)11-23-10-12-6-7-15(20)18-8-12/h6-9H,3-5,10-11H2,1-2H3,(H,18,20). The molecule has 2 aromatic heterocycles. The van der Waals surface area contributed by atoms with Gasteiger partial charge in [0.1, 0.15) is 6.61 Å². The zero-order valence-corrected chi connectivity index (χ0v) is 14.6. The molecule has 0 fully saturated rings. The number of aromatic nitrogens is 3. The van der Waals surface area contributed by atoms with Crippen molar-refractivity contribution in [2.24, 2.45) is 0 Å². The summed E-state index contributed by atoms with van der Waals surface area (Å²) >= 11 is 0. The minimum absolute atomic E-state index is 0.0774. The van der Waals surface area contributed by atoms with Crippen molar-refractivity contribution in [1.82, 2.24) is 15.0 Å². The number of hydrogen-bond acceptors (Lipinski definition) is 6. The molecule has 130 valence electrons. The monoisotopic (exact) mass is 351 g/mol. The molecule has 0 atom stereocenters. The summed E-state index contributed by atoms with van der Waals surface area (Å²) in [5.41, 5.74) is 1.27. The third-order valence-corrected chi connectivity index (χ3v) is 4.43. The molecule has 0 aliphatic rings. The number of hydrogen-bond donors (Lipinski definition) is 1. The van der Waals surface area contributed by atoms with Gasteiger partial charge in [0.2, 0.25) is 5.56 Å². The van der Waals surface area contributed by atoms with Gasteiger partial charge in [-0.15, -0.1) is 0 Å². The van der Waals surface area contributed by atoms with E-state index in [0.717, 1.165) is 24.7 Å². The second-order valence-electron chi connectivity index (χ2n) is 5.55. The first-order valence-electron chi connectivity index (χ1n) is 7.70. The second kappa shape index (κ2) is 8.16. The first-order valence-corrected chi connectivity index (χ1v) is 9.59. The van der Waals surface area contributed by atoms with E-state index >= 15 is 0 Å². The lowest BCUT2D eigenvalue weighted by atomic mass is 10.1. The Balaban J connectivity index is 2.07. The molecule has 1 N–H and O–H groups in total. The fourth-order valence-electron chi connectivity index (χ4n) is 2.15. The average molecular weight is 351 g/mol. The smallest absolute Gasteiger partial charge is 0.247 e. The van der Waals surface area contributed by atoms with Crippen LogP contribution in [-0.4, -0.2) is 29.6 Å². The summed E-state index contributed by atoms with van der Waals surface area (Å²) in [5.74, 6) is 0.320. The van der Waals surface area contributed by atoms with Crippen LogP contribution in [0.3, 0.4) is 0 Å². The van der Waals surface area contributed by atoms with E-state index in [1.165, 1.54) is 6.07 Å². The van der Waals surface area contributed by atoms with Gasteiger partial charge in [-0.3, -0.25) is 4.79 Å². The predicted octanol–water partition coefficient (Wildman–Crippen LogP) is 1.63. The zero-order valence-electron chi connectivity index (χ0n) is 13.8. The van der Waals surface area contributed by atoms with Crippen LogP contribution < -0.4 is 5.56 Å². The summed E-state index contributed by atoms with van der Waals surface area (Å²) < 4.78 is 29.4. The normalized spacial score (nSPS) is 11.6.